The van der Waals surface area contributed by atoms with Crippen LogP contribution < -0.4 is 0 Å². The van der Waals surface area contributed by atoms with E-state index in [-0.39, 0.29) is 29.8 Å². The number of allylic oxidation sites excluding steroid dienone is 2. The molecule has 0 amide bonds. The van der Waals surface area contributed by atoms with Crippen molar-refractivity contribution in [2.45, 2.75) is 58.5 Å². The average molecular weight is 378 g/mol. The van der Waals surface area contributed by atoms with Crippen LogP contribution in [0.25, 0.3) is 0 Å². The lowest BCUT2D eigenvalue weighted by atomic mass is 9.66. The predicted molar refractivity (Wildman–Crippen MR) is 109 cm³/mol. The van der Waals surface area contributed by atoms with Crippen LogP contribution >= 0.6 is 0 Å². The first-order valence-corrected chi connectivity index (χ1v) is 10.8. The number of rotatable bonds is 4. The van der Waals surface area contributed by atoms with Gasteiger partial charge in [0, 0.05) is 11.8 Å². The van der Waals surface area contributed by atoms with Gasteiger partial charge in [-0.25, -0.2) is 0 Å². The van der Waals surface area contributed by atoms with E-state index in [1.807, 2.05) is 18.2 Å². The zero-order valence-corrected chi connectivity index (χ0v) is 17.2. The summed E-state index contributed by atoms with van der Waals surface area (Å²) < 4.78 is 6.22. The van der Waals surface area contributed by atoms with Gasteiger partial charge in [0.15, 0.2) is 5.41 Å². The van der Waals surface area contributed by atoms with E-state index >= 15 is 0 Å². The Morgan fingerprint density at radius 3 is 2.61 bits per heavy atom. The number of nitrogens with zero attached hydrogens (tertiary/aromatic N) is 1. The Morgan fingerprint density at radius 1 is 1.18 bits per heavy atom. The fourth-order valence-electron chi connectivity index (χ4n) is 6.01. The molecule has 0 aliphatic heterocycles. The third-order valence-electron chi connectivity index (χ3n) is 7.52. The topological polar surface area (TPSA) is 50.1 Å². The summed E-state index contributed by atoms with van der Waals surface area (Å²) in [5.41, 5.74) is -0.0153. The van der Waals surface area contributed by atoms with Crippen molar-refractivity contribution in [3.63, 3.8) is 0 Å². The summed E-state index contributed by atoms with van der Waals surface area (Å²) in [5, 5.41) is 10.3. The van der Waals surface area contributed by atoms with Crippen molar-refractivity contribution in [3.8, 4) is 6.07 Å². The van der Waals surface area contributed by atoms with Gasteiger partial charge in [0.25, 0.3) is 0 Å². The predicted octanol–water partition coefficient (Wildman–Crippen LogP) is 5.49. The van der Waals surface area contributed by atoms with Gasteiger partial charge in [-0.15, -0.1) is 0 Å². The molecule has 7 atom stereocenters. The highest BCUT2D eigenvalue weighted by molar-refractivity contribution is 5.84. The van der Waals surface area contributed by atoms with Crippen LogP contribution in [0.15, 0.2) is 42.5 Å². The molecule has 148 valence electrons. The summed E-state index contributed by atoms with van der Waals surface area (Å²) in [7, 11) is 0. The molecule has 1 aromatic carbocycles. The fraction of sp³-hybridized carbons (Fsp3) is 0.600. The summed E-state index contributed by atoms with van der Waals surface area (Å²) in [6.45, 7) is 6.67. The lowest BCUT2D eigenvalue weighted by Crippen LogP contribution is -2.45. The van der Waals surface area contributed by atoms with Gasteiger partial charge in [-0.3, -0.25) is 4.79 Å². The van der Waals surface area contributed by atoms with Gasteiger partial charge in [-0.05, 0) is 48.5 Å². The van der Waals surface area contributed by atoms with Gasteiger partial charge < -0.3 is 4.74 Å². The van der Waals surface area contributed by atoms with Crippen molar-refractivity contribution < 1.29 is 9.53 Å². The molecule has 0 radical (unpaired) electrons. The van der Waals surface area contributed by atoms with E-state index in [0.717, 1.165) is 24.8 Å². The highest BCUT2D eigenvalue weighted by atomic mass is 16.5. The third-order valence-corrected chi connectivity index (χ3v) is 7.52. The molecule has 2 saturated carbocycles. The monoisotopic (exact) mass is 377 g/mol. The zero-order chi connectivity index (χ0) is 19.9. The second-order valence-electron chi connectivity index (χ2n) is 9.53. The van der Waals surface area contributed by atoms with Crippen LogP contribution in [0.2, 0.25) is 0 Å². The van der Waals surface area contributed by atoms with Gasteiger partial charge in [0.05, 0.1) is 6.07 Å². The molecule has 28 heavy (non-hydrogen) atoms. The Labute approximate surface area is 168 Å². The first-order valence-electron chi connectivity index (χ1n) is 10.8. The SMILES string of the molecule is CC(C)[C@@H]1CC[C@@H](C)C[C@H]1OC(=O)[C@@]1(C#N)[C@H]2C=C[C@H](C2)[C@@H]1c1ccccc1. The van der Waals surface area contributed by atoms with E-state index in [1.54, 1.807) is 0 Å². The molecule has 1 aromatic rings. The minimum Gasteiger partial charge on any atom is -0.461 e. The Balaban J connectivity index is 1.66. The molecular weight excluding hydrogens is 346 g/mol. The van der Waals surface area contributed by atoms with Crippen molar-refractivity contribution in [1.82, 2.24) is 0 Å². The number of esters is 1. The second kappa shape index (κ2) is 7.39. The van der Waals surface area contributed by atoms with E-state index in [1.165, 1.54) is 6.42 Å². The first-order chi connectivity index (χ1) is 13.5. The third kappa shape index (κ3) is 2.98. The van der Waals surface area contributed by atoms with Crippen LogP contribution in [0.5, 0.6) is 0 Å². The number of hydrogen-bond donors (Lipinski definition) is 0. The Bertz CT molecular complexity index is 793. The van der Waals surface area contributed by atoms with Crippen LogP contribution in [0.3, 0.4) is 0 Å². The van der Waals surface area contributed by atoms with Gasteiger partial charge in [-0.2, -0.15) is 5.26 Å². The molecular formula is C25H31NO2. The largest absolute Gasteiger partial charge is 0.461 e. The number of ether oxygens (including phenoxy) is 1. The van der Waals surface area contributed by atoms with E-state index in [2.05, 4.69) is 51.1 Å². The van der Waals surface area contributed by atoms with Crippen molar-refractivity contribution in [2.24, 2.45) is 35.0 Å². The molecule has 2 fully saturated rings. The van der Waals surface area contributed by atoms with Crippen LogP contribution in [0.1, 0.15) is 57.9 Å². The summed E-state index contributed by atoms with van der Waals surface area (Å²) in [4.78, 5) is 13.6. The lowest BCUT2D eigenvalue weighted by Gasteiger charge is -2.40. The Kier molecular flexibility index (Phi) is 5.08. The standard InChI is InChI=1S/C25H31NO2/c1-16(2)21-12-9-17(3)13-22(21)28-24(27)25(15-26)20-11-10-19(14-20)23(25)18-7-5-4-6-8-18/h4-8,10-11,16-17,19-23H,9,12-14H2,1-3H3/t17-,19-,20+,21+,22-,23+,25+/m1/s1. The van der Waals surface area contributed by atoms with Crippen LogP contribution in [0, 0.1) is 46.3 Å². The highest BCUT2D eigenvalue weighted by Crippen LogP contribution is 2.61. The van der Waals surface area contributed by atoms with Gasteiger partial charge >= 0.3 is 5.97 Å². The summed E-state index contributed by atoms with van der Waals surface area (Å²) in [6, 6.07) is 12.6. The molecule has 3 nitrogen and oxygen atoms in total. The number of fused-ring (bicyclic) bond motifs is 2. The first kappa shape index (κ1) is 19.2. The van der Waals surface area contributed by atoms with Crippen LogP contribution in [-0.2, 0) is 9.53 Å². The average Bonchev–Trinajstić information content (AvgIpc) is 3.28. The molecule has 2 bridgehead atoms. The molecule has 3 heteroatoms. The summed E-state index contributed by atoms with van der Waals surface area (Å²) in [5.74, 6) is 1.23. The number of carbonyl (C=O) groups excluding carboxylic acids is 1. The summed E-state index contributed by atoms with van der Waals surface area (Å²) >= 11 is 0. The van der Waals surface area contributed by atoms with E-state index in [4.69, 9.17) is 4.74 Å². The molecule has 0 spiro atoms. The molecule has 4 rings (SSSR count). The highest BCUT2D eigenvalue weighted by Gasteiger charge is 2.63. The maximum atomic E-state index is 13.6. The van der Waals surface area contributed by atoms with Crippen LogP contribution in [-0.4, -0.2) is 12.1 Å². The van der Waals surface area contributed by atoms with Gasteiger partial charge in [0.2, 0.25) is 0 Å². The van der Waals surface area contributed by atoms with Crippen molar-refractivity contribution in [2.75, 3.05) is 0 Å². The van der Waals surface area contributed by atoms with Crippen LogP contribution in [0.4, 0.5) is 0 Å². The summed E-state index contributed by atoms with van der Waals surface area (Å²) in [6.07, 6.45) is 8.29. The van der Waals surface area contributed by atoms with Crippen molar-refractivity contribution >= 4 is 5.97 Å². The molecule has 0 N–H and O–H groups in total. The molecule has 3 aliphatic rings. The quantitative estimate of drug-likeness (QED) is 0.515. The minimum atomic E-state index is -1.09. The number of hydrogen-bond acceptors (Lipinski definition) is 3. The molecule has 0 saturated heterocycles. The molecule has 0 aromatic heterocycles. The Hall–Kier alpha value is -2.08. The van der Waals surface area contributed by atoms with Crippen molar-refractivity contribution in [3.05, 3.63) is 48.0 Å². The maximum Gasteiger partial charge on any atom is 0.328 e. The zero-order valence-electron chi connectivity index (χ0n) is 17.2. The molecule has 0 unspecified atom stereocenters. The van der Waals surface area contributed by atoms with E-state index < -0.39 is 5.41 Å². The second-order valence-corrected chi connectivity index (χ2v) is 9.53. The number of carbonyl (C=O) groups is 1. The minimum absolute atomic E-state index is 0.0429. The smallest absolute Gasteiger partial charge is 0.328 e. The number of nitriles is 1. The fourth-order valence-corrected chi connectivity index (χ4v) is 6.01. The van der Waals surface area contributed by atoms with Gasteiger partial charge in [-0.1, -0.05) is 69.7 Å². The van der Waals surface area contributed by atoms with E-state index in [0.29, 0.717) is 17.8 Å². The maximum absolute atomic E-state index is 13.6. The molecule has 3 aliphatic carbocycles. The van der Waals surface area contributed by atoms with Crippen molar-refractivity contribution in [1.29, 1.82) is 5.26 Å². The number of benzene rings is 1. The molecule has 0 heterocycles. The van der Waals surface area contributed by atoms with E-state index in [9.17, 15) is 10.1 Å². The van der Waals surface area contributed by atoms with Gasteiger partial charge in [0.1, 0.15) is 6.10 Å². The Morgan fingerprint density at radius 2 is 1.93 bits per heavy atom. The lowest BCUT2D eigenvalue weighted by molar-refractivity contribution is -0.167. The normalized spacial score (nSPS) is 39.1.